The summed E-state index contributed by atoms with van der Waals surface area (Å²) in [5, 5.41) is 0. The lowest BCUT2D eigenvalue weighted by Gasteiger charge is -2.12. The highest BCUT2D eigenvalue weighted by molar-refractivity contribution is 7.20. The molecule has 1 atom stereocenters. The van der Waals surface area contributed by atoms with Crippen LogP contribution in [0.4, 0.5) is 0 Å². The lowest BCUT2D eigenvalue weighted by Crippen LogP contribution is -2.11. The average molecular weight is 286 g/mol. The zero-order valence-electron chi connectivity index (χ0n) is 9.41. The molecule has 0 fully saturated rings. The monoisotopic (exact) mass is 285 g/mol. The van der Waals surface area contributed by atoms with Crippen LogP contribution in [0.1, 0.15) is 29.7 Å². The Kier molecular flexibility index (Phi) is 4.10. The lowest BCUT2D eigenvalue weighted by molar-refractivity contribution is 0.873. The molecular formula is C13H13Cl2NS. The fraction of sp³-hybridized carbons (Fsp3) is 0.231. The van der Waals surface area contributed by atoms with Crippen LogP contribution in [-0.4, -0.2) is 0 Å². The third-order valence-electron chi connectivity index (χ3n) is 2.74. The molecule has 0 saturated heterocycles. The van der Waals surface area contributed by atoms with Gasteiger partial charge in [0.15, 0.2) is 0 Å². The maximum Gasteiger partial charge on any atom is 0.0995 e. The van der Waals surface area contributed by atoms with E-state index in [1.165, 1.54) is 16.9 Å². The summed E-state index contributed by atoms with van der Waals surface area (Å²) >= 11 is 13.4. The highest BCUT2D eigenvalue weighted by Gasteiger charge is 2.15. The summed E-state index contributed by atoms with van der Waals surface area (Å²) in [5.74, 6) is 0. The lowest BCUT2D eigenvalue weighted by atomic mass is 9.99. The molecule has 1 unspecified atom stereocenters. The summed E-state index contributed by atoms with van der Waals surface area (Å²) in [4.78, 5) is 0. The van der Waals surface area contributed by atoms with E-state index in [1.807, 2.05) is 18.2 Å². The van der Waals surface area contributed by atoms with E-state index < -0.39 is 0 Å². The topological polar surface area (TPSA) is 26.0 Å². The molecule has 2 rings (SSSR count). The van der Waals surface area contributed by atoms with Gasteiger partial charge in [0.2, 0.25) is 0 Å². The summed E-state index contributed by atoms with van der Waals surface area (Å²) < 4.78 is 1.34. The van der Waals surface area contributed by atoms with Gasteiger partial charge in [0.25, 0.3) is 0 Å². The summed E-state index contributed by atoms with van der Waals surface area (Å²) in [6, 6.07) is 9.89. The fourth-order valence-corrected chi connectivity index (χ4v) is 3.30. The van der Waals surface area contributed by atoms with Gasteiger partial charge in [-0.15, -0.1) is 11.3 Å². The van der Waals surface area contributed by atoms with Crippen molar-refractivity contribution in [1.82, 2.24) is 0 Å². The van der Waals surface area contributed by atoms with Crippen LogP contribution in [0.5, 0.6) is 0 Å². The molecule has 1 heterocycles. The molecule has 0 spiro atoms. The van der Waals surface area contributed by atoms with Gasteiger partial charge in [-0.2, -0.15) is 0 Å². The molecule has 4 heteroatoms. The van der Waals surface area contributed by atoms with Gasteiger partial charge in [-0.05, 0) is 23.6 Å². The van der Waals surface area contributed by atoms with E-state index in [9.17, 15) is 0 Å². The number of rotatable bonds is 3. The van der Waals surface area contributed by atoms with Crippen LogP contribution in [0.2, 0.25) is 8.67 Å². The highest BCUT2D eigenvalue weighted by Crippen LogP contribution is 2.36. The van der Waals surface area contributed by atoms with Gasteiger partial charge in [0, 0.05) is 5.56 Å². The summed E-state index contributed by atoms with van der Waals surface area (Å²) in [5.41, 5.74) is 9.46. The molecule has 1 aromatic carbocycles. The van der Waals surface area contributed by atoms with E-state index >= 15 is 0 Å². The predicted octanol–water partition coefficient (Wildman–Crippen LogP) is 4.67. The van der Waals surface area contributed by atoms with Crippen molar-refractivity contribution < 1.29 is 0 Å². The first-order valence-electron chi connectivity index (χ1n) is 5.41. The number of benzene rings is 1. The fourth-order valence-electron chi connectivity index (χ4n) is 1.75. The van der Waals surface area contributed by atoms with Crippen molar-refractivity contribution >= 4 is 34.5 Å². The maximum absolute atomic E-state index is 6.22. The first-order chi connectivity index (χ1) is 8.11. The zero-order valence-corrected chi connectivity index (χ0v) is 11.7. The maximum atomic E-state index is 6.22. The molecule has 0 saturated carbocycles. The number of hydrogen-bond donors (Lipinski definition) is 1. The SMILES string of the molecule is CCc1cccc(C(N)c2cc(Cl)sc2Cl)c1. The Morgan fingerprint density at radius 1 is 1.29 bits per heavy atom. The first kappa shape index (κ1) is 12.9. The standard InChI is InChI=1S/C13H13Cl2NS/c1-2-8-4-3-5-9(6-8)12(16)10-7-11(14)17-13(10)15/h3-7,12H,2,16H2,1H3. The Labute approximate surface area is 115 Å². The molecule has 0 bridgehead atoms. The van der Waals surface area contributed by atoms with E-state index in [1.54, 1.807) is 0 Å². The van der Waals surface area contributed by atoms with Gasteiger partial charge in [0.1, 0.15) is 0 Å². The molecule has 2 aromatic rings. The molecular weight excluding hydrogens is 273 g/mol. The molecule has 0 amide bonds. The van der Waals surface area contributed by atoms with Gasteiger partial charge in [-0.1, -0.05) is 54.4 Å². The van der Waals surface area contributed by atoms with E-state index in [0.29, 0.717) is 8.67 Å². The number of nitrogens with two attached hydrogens (primary N) is 1. The van der Waals surface area contributed by atoms with Crippen molar-refractivity contribution in [1.29, 1.82) is 0 Å². The van der Waals surface area contributed by atoms with Crippen LogP contribution in [0, 0.1) is 0 Å². The van der Waals surface area contributed by atoms with E-state index in [-0.39, 0.29) is 6.04 Å². The Balaban J connectivity index is 2.36. The second-order valence-corrected chi connectivity index (χ2v) is 6.14. The van der Waals surface area contributed by atoms with Gasteiger partial charge in [0.05, 0.1) is 14.7 Å². The van der Waals surface area contributed by atoms with Crippen LogP contribution in [-0.2, 0) is 6.42 Å². The summed E-state index contributed by atoms with van der Waals surface area (Å²) in [6.45, 7) is 2.12. The molecule has 1 aromatic heterocycles. The molecule has 1 nitrogen and oxygen atoms in total. The van der Waals surface area contributed by atoms with Crippen molar-refractivity contribution in [3.05, 3.63) is 55.7 Å². The minimum absolute atomic E-state index is 0.210. The predicted molar refractivity (Wildman–Crippen MR) is 76.2 cm³/mol. The van der Waals surface area contributed by atoms with Gasteiger partial charge in [-0.25, -0.2) is 0 Å². The van der Waals surface area contributed by atoms with Gasteiger partial charge < -0.3 is 5.73 Å². The molecule has 0 aliphatic carbocycles. The Hall–Kier alpha value is -0.540. The Morgan fingerprint density at radius 2 is 2.06 bits per heavy atom. The normalized spacial score (nSPS) is 12.7. The van der Waals surface area contributed by atoms with Crippen molar-refractivity contribution in [2.24, 2.45) is 5.73 Å². The van der Waals surface area contributed by atoms with Crippen molar-refractivity contribution in [2.75, 3.05) is 0 Å². The number of thiophene rings is 1. The minimum Gasteiger partial charge on any atom is -0.320 e. The molecule has 17 heavy (non-hydrogen) atoms. The van der Waals surface area contributed by atoms with Crippen LogP contribution in [0.25, 0.3) is 0 Å². The molecule has 0 radical (unpaired) electrons. The molecule has 0 aliphatic rings. The average Bonchev–Trinajstić information content (AvgIpc) is 2.67. The summed E-state index contributed by atoms with van der Waals surface area (Å²) in [6.07, 6.45) is 0.999. The molecule has 2 N–H and O–H groups in total. The van der Waals surface area contributed by atoms with Crippen LogP contribution >= 0.6 is 34.5 Å². The first-order valence-corrected chi connectivity index (χ1v) is 6.98. The van der Waals surface area contributed by atoms with Crippen molar-refractivity contribution in [3.63, 3.8) is 0 Å². The zero-order chi connectivity index (χ0) is 12.4. The van der Waals surface area contributed by atoms with E-state index in [0.717, 1.165) is 17.5 Å². The smallest absolute Gasteiger partial charge is 0.0995 e. The third kappa shape index (κ3) is 2.83. The Bertz CT molecular complexity index is 522. The Morgan fingerprint density at radius 3 is 2.65 bits per heavy atom. The van der Waals surface area contributed by atoms with E-state index in [2.05, 4.69) is 19.1 Å². The van der Waals surface area contributed by atoms with E-state index in [4.69, 9.17) is 28.9 Å². The number of hydrogen-bond acceptors (Lipinski definition) is 2. The second-order valence-electron chi connectivity index (χ2n) is 3.86. The largest absolute Gasteiger partial charge is 0.320 e. The summed E-state index contributed by atoms with van der Waals surface area (Å²) in [7, 11) is 0. The third-order valence-corrected chi connectivity index (χ3v) is 4.25. The minimum atomic E-state index is -0.210. The number of aryl methyl sites for hydroxylation is 1. The number of halogens is 2. The van der Waals surface area contributed by atoms with Crippen LogP contribution in [0.15, 0.2) is 30.3 Å². The molecule has 0 aliphatic heterocycles. The quantitative estimate of drug-likeness (QED) is 0.872. The van der Waals surface area contributed by atoms with Crippen molar-refractivity contribution in [2.45, 2.75) is 19.4 Å². The van der Waals surface area contributed by atoms with Crippen LogP contribution < -0.4 is 5.73 Å². The van der Waals surface area contributed by atoms with Gasteiger partial charge >= 0.3 is 0 Å². The van der Waals surface area contributed by atoms with Crippen LogP contribution in [0.3, 0.4) is 0 Å². The van der Waals surface area contributed by atoms with Gasteiger partial charge in [-0.3, -0.25) is 0 Å². The highest BCUT2D eigenvalue weighted by atomic mass is 35.5. The molecule has 90 valence electrons. The second kappa shape index (κ2) is 5.40. The van der Waals surface area contributed by atoms with Crippen molar-refractivity contribution in [3.8, 4) is 0 Å².